The smallest absolute Gasteiger partial charge is 0.146 e. The molecule has 2 atom stereocenters. The summed E-state index contributed by atoms with van der Waals surface area (Å²) in [5.74, 6) is -0.189. The van der Waals surface area contributed by atoms with Crippen LogP contribution in [0.5, 0.6) is 0 Å². The van der Waals surface area contributed by atoms with Crippen molar-refractivity contribution in [3.8, 4) is 0 Å². The normalized spacial score (nSPS) is 26.0. The van der Waals surface area contributed by atoms with Crippen molar-refractivity contribution in [2.24, 2.45) is 0 Å². The maximum absolute atomic E-state index is 13.5. The summed E-state index contributed by atoms with van der Waals surface area (Å²) in [6.45, 7) is 3.16. The third kappa shape index (κ3) is 2.55. The summed E-state index contributed by atoms with van der Waals surface area (Å²) in [6, 6.07) is 5.88. The molecule has 0 spiro atoms. The standard InChI is InChI=1S/C12H16BrFN2/c1-8-5-10(7-16(8)2)15-12-6-9(13)3-4-11(12)14/h3-4,6,8,10,15H,5,7H2,1-2H3. The van der Waals surface area contributed by atoms with E-state index in [1.807, 2.05) is 0 Å². The zero-order chi connectivity index (χ0) is 11.7. The van der Waals surface area contributed by atoms with Crippen LogP contribution in [0, 0.1) is 5.82 Å². The van der Waals surface area contributed by atoms with Crippen molar-refractivity contribution in [3.05, 3.63) is 28.5 Å². The molecule has 1 aliphatic rings. The molecule has 88 valence electrons. The zero-order valence-electron chi connectivity index (χ0n) is 9.50. The molecule has 1 aromatic carbocycles. The fraction of sp³-hybridized carbons (Fsp3) is 0.500. The Labute approximate surface area is 104 Å². The summed E-state index contributed by atoms with van der Waals surface area (Å²) in [4.78, 5) is 2.29. The Balaban J connectivity index is 2.07. The Bertz CT molecular complexity index is 373. The molecule has 0 amide bonds. The summed E-state index contributed by atoms with van der Waals surface area (Å²) in [5, 5.41) is 3.26. The third-order valence-electron chi connectivity index (χ3n) is 3.17. The van der Waals surface area contributed by atoms with E-state index in [-0.39, 0.29) is 5.82 Å². The largest absolute Gasteiger partial charge is 0.379 e. The molecule has 16 heavy (non-hydrogen) atoms. The number of nitrogens with zero attached hydrogens (tertiary/aromatic N) is 1. The molecule has 0 radical (unpaired) electrons. The first-order valence-electron chi connectivity index (χ1n) is 5.48. The molecule has 0 aliphatic carbocycles. The van der Waals surface area contributed by atoms with Gasteiger partial charge in [0.2, 0.25) is 0 Å². The van der Waals surface area contributed by atoms with Gasteiger partial charge in [-0.05, 0) is 38.6 Å². The number of benzene rings is 1. The number of rotatable bonds is 2. The molecule has 1 heterocycles. The first kappa shape index (κ1) is 11.9. The van der Waals surface area contributed by atoms with Crippen LogP contribution in [0.1, 0.15) is 13.3 Å². The van der Waals surface area contributed by atoms with Crippen molar-refractivity contribution in [3.63, 3.8) is 0 Å². The zero-order valence-corrected chi connectivity index (χ0v) is 11.1. The lowest BCUT2D eigenvalue weighted by atomic mass is 10.2. The van der Waals surface area contributed by atoms with Crippen LogP contribution < -0.4 is 5.32 Å². The molecule has 0 saturated carbocycles. The number of likely N-dealkylation sites (tertiary alicyclic amines) is 1. The Hall–Kier alpha value is -0.610. The van der Waals surface area contributed by atoms with Crippen LogP contribution in [-0.4, -0.2) is 30.6 Å². The third-order valence-corrected chi connectivity index (χ3v) is 3.67. The van der Waals surface area contributed by atoms with Crippen molar-refractivity contribution >= 4 is 21.6 Å². The van der Waals surface area contributed by atoms with E-state index in [4.69, 9.17) is 0 Å². The fourth-order valence-electron chi connectivity index (χ4n) is 2.13. The number of anilines is 1. The van der Waals surface area contributed by atoms with Crippen LogP contribution in [0.2, 0.25) is 0 Å². The van der Waals surface area contributed by atoms with Crippen LogP contribution in [0.15, 0.2) is 22.7 Å². The topological polar surface area (TPSA) is 15.3 Å². The van der Waals surface area contributed by atoms with Crippen LogP contribution in [-0.2, 0) is 0 Å². The first-order valence-corrected chi connectivity index (χ1v) is 6.27. The summed E-state index contributed by atoms with van der Waals surface area (Å²) in [6.07, 6.45) is 1.06. The summed E-state index contributed by atoms with van der Waals surface area (Å²) < 4.78 is 14.4. The monoisotopic (exact) mass is 286 g/mol. The molecule has 2 nitrogen and oxygen atoms in total. The summed E-state index contributed by atoms with van der Waals surface area (Å²) in [5.41, 5.74) is 0.585. The molecule has 2 unspecified atom stereocenters. The maximum atomic E-state index is 13.5. The summed E-state index contributed by atoms with van der Waals surface area (Å²) in [7, 11) is 2.10. The molecular formula is C12H16BrFN2. The molecule has 4 heteroatoms. The van der Waals surface area contributed by atoms with E-state index in [9.17, 15) is 4.39 Å². The second-order valence-corrected chi connectivity index (χ2v) is 5.41. The molecule has 0 bridgehead atoms. The molecule has 1 N–H and O–H groups in total. The van der Waals surface area contributed by atoms with E-state index in [1.165, 1.54) is 6.07 Å². The molecule has 1 saturated heterocycles. The Morgan fingerprint density at radius 3 is 2.88 bits per heavy atom. The molecule has 1 fully saturated rings. The van der Waals surface area contributed by atoms with Crippen molar-refractivity contribution in [2.45, 2.75) is 25.4 Å². The van der Waals surface area contributed by atoms with Gasteiger partial charge in [-0.15, -0.1) is 0 Å². The predicted molar refractivity (Wildman–Crippen MR) is 68.2 cm³/mol. The van der Waals surface area contributed by atoms with Gasteiger partial charge in [0, 0.05) is 23.1 Å². The highest BCUT2D eigenvalue weighted by molar-refractivity contribution is 9.10. The minimum absolute atomic E-state index is 0.189. The second-order valence-electron chi connectivity index (χ2n) is 4.49. The second kappa shape index (κ2) is 4.72. The van der Waals surface area contributed by atoms with E-state index in [2.05, 4.69) is 40.1 Å². The lowest BCUT2D eigenvalue weighted by molar-refractivity contribution is 0.330. The quantitative estimate of drug-likeness (QED) is 0.899. The first-order chi connectivity index (χ1) is 7.56. The Kier molecular flexibility index (Phi) is 3.50. The van der Waals surface area contributed by atoms with Crippen LogP contribution in [0.3, 0.4) is 0 Å². The highest BCUT2D eigenvalue weighted by Crippen LogP contribution is 2.24. The average molecular weight is 287 g/mol. The average Bonchev–Trinajstić information content (AvgIpc) is 2.52. The van der Waals surface area contributed by atoms with Gasteiger partial charge >= 0.3 is 0 Å². The van der Waals surface area contributed by atoms with Crippen LogP contribution >= 0.6 is 15.9 Å². The van der Waals surface area contributed by atoms with Crippen LogP contribution in [0.4, 0.5) is 10.1 Å². The number of nitrogens with one attached hydrogen (secondary N) is 1. The number of likely N-dealkylation sites (N-methyl/N-ethyl adjacent to an activating group) is 1. The lowest BCUT2D eigenvalue weighted by Crippen LogP contribution is -2.25. The maximum Gasteiger partial charge on any atom is 0.146 e. The van der Waals surface area contributed by atoms with Gasteiger partial charge in [0.1, 0.15) is 5.82 Å². The van der Waals surface area contributed by atoms with Gasteiger partial charge in [-0.25, -0.2) is 4.39 Å². The highest BCUT2D eigenvalue weighted by atomic mass is 79.9. The Morgan fingerprint density at radius 1 is 1.50 bits per heavy atom. The highest BCUT2D eigenvalue weighted by Gasteiger charge is 2.26. The van der Waals surface area contributed by atoms with Crippen molar-refractivity contribution < 1.29 is 4.39 Å². The summed E-state index contributed by atoms with van der Waals surface area (Å²) >= 11 is 3.35. The van der Waals surface area contributed by atoms with Gasteiger partial charge in [0.15, 0.2) is 0 Å². The molecule has 0 aromatic heterocycles. The van der Waals surface area contributed by atoms with Gasteiger partial charge in [-0.2, -0.15) is 0 Å². The van der Waals surface area contributed by atoms with E-state index in [0.29, 0.717) is 17.8 Å². The van der Waals surface area contributed by atoms with Gasteiger partial charge in [-0.1, -0.05) is 15.9 Å². The number of hydrogen-bond acceptors (Lipinski definition) is 2. The lowest BCUT2D eigenvalue weighted by Gasteiger charge is -2.15. The molecule has 1 aromatic rings. The SMILES string of the molecule is CC1CC(Nc2cc(Br)ccc2F)CN1C. The number of halogens is 2. The minimum Gasteiger partial charge on any atom is -0.379 e. The van der Waals surface area contributed by atoms with E-state index < -0.39 is 0 Å². The van der Waals surface area contributed by atoms with Crippen molar-refractivity contribution in [2.75, 3.05) is 18.9 Å². The molecular weight excluding hydrogens is 271 g/mol. The van der Waals surface area contributed by atoms with E-state index in [0.717, 1.165) is 17.4 Å². The van der Waals surface area contributed by atoms with Crippen LogP contribution in [0.25, 0.3) is 0 Å². The van der Waals surface area contributed by atoms with Gasteiger partial charge in [0.25, 0.3) is 0 Å². The van der Waals surface area contributed by atoms with E-state index in [1.54, 1.807) is 12.1 Å². The fourth-order valence-corrected chi connectivity index (χ4v) is 2.49. The van der Waals surface area contributed by atoms with Crippen molar-refractivity contribution in [1.29, 1.82) is 0 Å². The van der Waals surface area contributed by atoms with Gasteiger partial charge < -0.3 is 10.2 Å². The minimum atomic E-state index is -0.189. The van der Waals surface area contributed by atoms with Gasteiger partial charge in [-0.3, -0.25) is 0 Å². The van der Waals surface area contributed by atoms with Crippen molar-refractivity contribution in [1.82, 2.24) is 4.90 Å². The molecule has 2 rings (SSSR count). The Morgan fingerprint density at radius 2 is 2.25 bits per heavy atom. The van der Waals surface area contributed by atoms with E-state index >= 15 is 0 Å². The van der Waals surface area contributed by atoms with Gasteiger partial charge in [0.05, 0.1) is 5.69 Å². The number of hydrogen-bond donors (Lipinski definition) is 1. The molecule has 1 aliphatic heterocycles. The predicted octanol–water partition coefficient (Wildman–Crippen LogP) is 3.09.